The summed E-state index contributed by atoms with van der Waals surface area (Å²) in [5.41, 5.74) is 7.58. The average molecular weight is 296 g/mol. The van der Waals surface area contributed by atoms with Crippen molar-refractivity contribution in [2.45, 2.75) is 19.6 Å². The summed E-state index contributed by atoms with van der Waals surface area (Å²) in [5.74, 6) is 1.89. The molecule has 19 heavy (non-hydrogen) atoms. The molecule has 3 N–H and O–H groups in total. The molecular weight excluding hydrogens is 276 g/mol. The second-order valence-corrected chi connectivity index (χ2v) is 6.18. The molecule has 0 radical (unpaired) electrons. The maximum Gasteiger partial charge on any atom is 0.230 e. The molecule has 0 spiro atoms. The Kier molecular flexibility index (Phi) is 6.87. The molecule has 0 saturated carbocycles. The predicted octanol–water partition coefficient (Wildman–Crippen LogP) is 2.33. The van der Waals surface area contributed by atoms with Gasteiger partial charge in [0.2, 0.25) is 5.91 Å². The van der Waals surface area contributed by atoms with Crippen LogP contribution in [0.25, 0.3) is 0 Å². The largest absolute Gasteiger partial charge is 0.389 e. The molecule has 1 aromatic rings. The number of thiocarbonyl (C=S) groups is 1. The Labute approximate surface area is 124 Å². The Bertz CT molecular complexity index is 430. The number of rotatable bonds is 7. The molecule has 1 rings (SSSR count). The van der Waals surface area contributed by atoms with Crippen LogP contribution < -0.4 is 11.1 Å². The minimum Gasteiger partial charge on any atom is -0.389 e. The van der Waals surface area contributed by atoms with E-state index in [0.717, 1.165) is 17.9 Å². The third kappa shape index (κ3) is 6.59. The first-order chi connectivity index (χ1) is 8.99. The molecule has 3 nitrogen and oxygen atoms in total. The summed E-state index contributed by atoms with van der Waals surface area (Å²) in [7, 11) is 0. The van der Waals surface area contributed by atoms with Gasteiger partial charge >= 0.3 is 0 Å². The van der Waals surface area contributed by atoms with E-state index in [2.05, 4.69) is 19.2 Å². The summed E-state index contributed by atoms with van der Waals surface area (Å²) in [5, 5.41) is 2.90. The normalized spacial score (nSPS) is 10.5. The smallest absolute Gasteiger partial charge is 0.230 e. The topological polar surface area (TPSA) is 55.1 Å². The number of benzene rings is 1. The summed E-state index contributed by atoms with van der Waals surface area (Å²) in [4.78, 5) is 11.9. The van der Waals surface area contributed by atoms with Crippen LogP contribution in [0.15, 0.2) is 24.3 Å². The molecule has 0 atom stereocenters. The van der Waals surface area contributed by atoms with Gasteiger partial charge in [0.05, 0.1) is 5.75 Å². The lowest BCUT2D eigenvalue weighted by molar-refractivity contribution is -0.118. The molecule has 5 heteroatoms. The van der Waals surface area contributed by atoms with E-state index in [1.807, 2.05) is 24.3 Å². The van der Waals surface area contributed by atoms with Gasteiger partial charge in [0.15, 0.2) is 0 Å². The van der Waals surface area contributed by atoms with E-state index in [9.17, 15) is 4.79 Å². The first kappa shape index (κ1) is 16.0. The third-order valence-electron chi connectivity index (χ3n) is 2.45. The average Bonchev–Trinajstić information content (AvgIpc) is 2.37. The lowest BCUT2D eigenvalue weighted by Crippen LogP contribution is -2.28. The summed E-state index contributed by atoms with van der Waals surface area (Å²) in [6.45, 7) is 4.90. The Balaban J connectivity index is 2.29. The van der Waals surface area contributed by atoms with Crippen molar-refractivity contribution in [1.29, 1.82) is 0 Å². The number of amides is 1. The molecule has 0 bridgehead atoms. The zero-order valence-corrected chi connectivity index (χ0v) is 12.9. The van der Waals surface area contributed by atoms with Crippen molar-refractivity contribution in [1.82, 2.24) is 5.32 Å². The van der Waals surface area contributed by atoms with Crippen LogP contribution >= 0.6 is 24.0 Å². The molecule has 0 aliphatic heterocycles. The maximum absolute atomic E-state index is 11.5. The van der Waals surface area contributed by atoms with Crippen molar-refractivity contribution in [3.8, 4) is 0 Å². The van der Waals surface area contributed by atoms with Crippen molar-refractivity contribution in [3.05, 3.63) is 35.4 Å². The van der Waals surface area contributed by atoms with Crippen molar-refractivity contribution < 1.29 is 4.79 Å². The lowest BCUT2D eigenvalue weighted by atomic mass is 10.1. The highest BCUT2D eigenvalue weighted by atomic mass is 32.2. The molecule has 0 aromatic heterocycles. The molecule has 0 saturated heterocycles. The number of carbonyl (C=O) groups excluding carboxylic acids is 1. The van der Waals surface area contributed by atoms with Crippen LogP contribution in [-0.2, 0) is 10.5 Å². The third-order valence-corrected chi connectivity index (χ3v) is 3.69. The van der Waals surface area contributed by atoms with E-state index in [1.165, 1.54) is 5.56 Å². The van der Waals surface area contributed by atoms with E-state index in [4.69, 9.17) is 18.0 Å². The number of carbonyl (C=O) groups is 1. The summed E-state index contributed by atoms with van der Waals surface area (Å²) in [6, 6.07) is 7.81. The molecule has 1 amide bonds. The summed E-state index contributed by atoms with van der Waals surface area (Å²) < 4.78 is 0. The Hall–Kier alpha value is -1.07. The number of nitrogens with one attached hydrogen (secondary N) is 1. The number of thioether (sulfide) groups is 1. The number of nitrogens with two attached hydrogens (primary N) is 1. The van der Waals surface area contributed by atoms with Crippen LogP contribution in [0.3, 0.4) is 0 Å². The molecule has 0 unspecified atom stereocenters. The summed E-state index contributed by atoms with van der Waals surface area (Å²) >= 11 is 6.50. The predicted molar refractivity (Wildman–Crippen MR) is 86.3 cm³/mol. The van der Waals surface area contributed by atoms with Gasteiger partial charge in [-0.05, 0) is 11.5 Å². The zero-order chi connectivity index (χ0) is 14.3. The second kappa shape index (κ2) is 8.17. The fourth-order valence-electron chi connectivity index (χ4n) is 1.40. The van der Waals surface area contributed by atoms with Gasteiger partial charge < -0.3 is 11.1 Å². The van der Waals surface area contributed by atoms with Gasteiger partial charge in [-0.15, -0.1) is 11.8 Å². The van der Waals surface area contributed by atoms with Crippen molar-refractivity contribution in [3.63, 3.8) is 0 Å². The van der Waals surface area contributed by atoms with Crippen LogP contribution in [0.1, 0.15) is 25.0 Å². The molecule has 0 aliphatic rings. The van der Waals surface area contributed by atoms with E-state index in [-0.39, 0.29) is 5.91 Å². The van der Waals surface area contributed by atoms with E-state index in [0.29, 0.717) is 16.7 Å². The van der Waals surface area contributed by atoms with Crippen molar-refractivity contribution in [2.24, 2.45) is 11.7 Å². The van der Waals surface area contributed by atoms with Gasteiger partial charge in [0.25, 0.3) is 0 Å². The molecule has 0 heterocycles. The second-order valence-electron chi connectivity index (χ2n) is 4.75. The maximum atomic E-state index is 11.5. The minimum absolute atomic E-state index is 0.0958. The highest BCUT2D eigenvalue weighted by molar-refractivity contribution is 7.99. The van der Waals surface area contributed by atoms with Crippen LogP contribution in [-0.4, -0.2) is 23.2 Å². The Morgan fingerprint density at radius 2 is 2.00 bits per heavy atom. The van der Waals surface area contributed by atoms with Gasteiger partial charge in [-0.25, -0.2) is 0 Å². The van der Waals surface area contributed by atoms with Crippen molar-refractivity contribution in [2.75, 3.05) is 12.3 Å². The van der Waals surface area contributed by atoms with Gasteiger partial charge in [0, 0.05) is 17.9 Å². The van der Waals surface area contributed by atoms with Crippen LogP contribution in [0.4, 0.5) is 0 Å². The van der Waals surface area contributed by atoms with E-state index < -0.39 is 0 Å². The summed E-state index contributed by atoms with van der Waals surface area (Å²) in [6.07, 6.45) is 0. The zero-order valence-electron chi connectivity index (χ0n) is 11.3. The molecule has 104 valence electrons. The first-order valence-electron chi connectivity index (χ1n) is 6.22. The molecular formula is C14H20N2OS2. The van der Waals surface area contributed by atoms with Crippen LogP contribution in [0, 0.1) is 5.92 Å². The van der Waals surface area contributed by atoms with Crippen LogP contribution in [0.2, 0.25) is 0 Å². The fourth-order valence-corrected chi connectivity index (χ4v) is 2.35. The minimum atomic E-state index is 0.0958. The van der Waals surface area contributed by atoms with Gasteiger partial charge in [-0.2, -0.15) is 0 Å². The highest BCUT2D eigenvalue weighted by Gasteiger charge is 2.03. The number of hydrogen-bond donors (Lipinski definition) is 2. The Morgan fingerprint density at radius 3 is 2.53 bits per heavy atom. The standard InChI is InChI=1S/C14H20N2OS2/c1-10(2)7-16-13(17)9-19-8-11-3-5-12(6-4-11)14(15)18/h3-6,10H,7-9H2,1-2H3,(H2,15,18)(H,16,17). The van der Waals surface area contributed by atoms with E-state index in [1.54, 1.807) is 11.8 Å². The first-order valence-corrected chi connectivity index (χ1v) is 7.78. The lowest BCUT2D eigenvalue weighted by Gasteiger charge is -2.07. The number of hydrogen-bond acceptors (Lipinski definition) is 3. The fraction of sp³-hybridized carbons (Fsp3) is 0.429. The van der Waals surface area contributed by atoms with Crippen LogP contribution in [0.5, 0.6) is 0 Å². The quantitative estimate of drug-likeness (QED) is 0.758. The van der Waals surface area contributed by atoms with E-state index >= 15 is 0 Å². The van der Waals surface area contributed by atoms with Crippen molar-refractivity contribution >= 4 is 34.9 Å². The molecule has 0 aliphatic carbocycles. The van der Waals surface area contributed by atoms with Gasteiger partial charge in [-0.1, -0.05) is 50.3 Å². The van der Waals surface area contributed by atoms with Gasteiger partial charge in [-0.3, -0.25) is 4.79 Å². The SMILES string of the molecule is CC(C)CNC(=O)CSCc1ccc(C(N)=S)cc1. The highest BCUT2D eigenvalue weighted by Crippen LogP contribution is 2.13. The molecule has 1 aromatic carbocycles. The van der Waals surface area contributed by atoms with Gasteiger partial charge in [0.1, 0.15) is 4.99 Å². The Morgan fingerprint density at radius 1 is 1.37 bits per heavy atom. The monoisotopic (exact) mass is 296 g/mol. The molecule has 0 fully saturated rings.